The van der Waals surface area contributed by atoms with Crippen LogP contribution in [0.2, 0.25) is 0 Å². The van der Waals surface area contributed by atoms with Crippen LogP contribution in [0.1, 0.15) is 44.8 Å². The summed E-state index contributed by atoms with van der Waals surface area (Å²) in [6.07, 6.45) is 2.01. The predicted octanol–water partition coefficient (Wildman–Crippen LogP) is 1.85. The van der Waals surface area contributed by atoms with Crippen molar-refractivity contribution in [1.29, 1.82) is 0 Å². The lowest BCUT2D eigenvalue weighted by atomic mass is 9.70. The summed E-state index contributed by atoms with van der Waals surface area (Å²) in [4.78, 5) is 16.7. The maximum Gasteiger partial charge on any atom is 0.242 e. The van der Waals surface area contributed by atoms with Crippen molar-refractivity contribution in [2.45, 2.75) is 46.6 Å². The Morgan fingerprint density at radius 1 is 1.30 bits per heavy atom. The van der Waals surface area contributed by atoms with Crippen LogP contribution in [-0.2, 0) is 21.4 Å². The summed E-state index contributed by atoms with van der Waals surface area (Å²) in [7, 11) is -3.70. The lowest BCUT2D eigenvalue weighted by Crippen LogP contribution is -2.45. The number of sulfonamides is 1. The molecule has 2 heterocycles. The van der Waals surface area contributed by atoms with Gasteiger partial charge in [0, 0.05) is 17.9 Å². The van der Waals surface area contributed by atoms with E-state index in [0.29, 0.717) is 24.3 Å². The zero-order valence-corrected chi connectivity index (χ0v) is 16.3. The molecule has 0 aromatic carbocycles. The number of ketones is 1. The molecule has 9 nitrogen and oxygen atoms in total. The highest BCUT2D eigenvalue weighted by atomic mass is 32.2. The molecular weight excluding hydrogens is 372 g/mol. The van der Waals surface area contributed by atoms with Gasteiger partial charge in [-0.3, -0.25) is 4.79 Å². The summed E-state index contributed by atoms with van der Waals surface area (Å²) in [6.45, 7) is 5.62. The SMILES string of the molecule is Cc1cc(-c2noc(CNS(=O)(=O)CC34CCC(CC3=O)C4(C)C)n2)no1. The fourth-order valence-corrected chi connectivity index (χ4v) is 6.33. The number of nitrogens with zero attached hydrogens (tertiary/aromatic N) is 3. The van der Waals surface area contributed by atoms with Crippen molar-refractivity contribution in [1.82, 2.24) is 20.0 Å². The van der Waals surface area contributed by atoms with E-state index in [1.54, 1.807) is 13.0 Å². The van der Waals surface area contributed by atoms with Crippen LogP contribution in [0.15, 0.2) is 15.1 Å². The predicted molar refractivity (Wildman–Crippen MR) is 93.7 cm³/mol. The standard InChI is InChI=1S/C17H22N4O5S/c1-10-6-12(20-25-10)15-19-14(26-21-15)8-18-27(23,24)9-17-5-4-11(7-13(17)22)16(17,2)3/h6,11,18H,4-5,7-9H2,1-3H3. The molecule has 2 fully saturated rings. The first kappa shape index (κ1) is 18.3. The fourth-order valence-electron chi connectivity index (χ4n) is 4.56. The van der Waals surface area contributed by atoms with E-state index in [1.165, 1.54) is 0 Å². The molecule has 0 spiro atoms. The minimum absolute atomic E-state index is 0.0654. The Morgan fingerprint density at radius 2 is 2.07 bits per heavy atom. The largest absolute Gasteiger partial charge is 0.361 e. The normalized spacial score (nSPS) is 26.8. The van der Waals surface area contributed by atoms with E-state index < -0.39 is 15.4 Å². The summed E-state index contributed by atoms with van der Waals surface area (Å²) >= 11 is 0. The van der Waals surface area contributed by atoms with Gasteiger partial charge in [0.1, 0.15) is 11.5 Å². The van der Waals surface area contributed by atoms with Gasteiger partial charge in [0.15, 0.2) is 5.69 Å². The third kappa shape index (κ3) is 2.91. The third-order valence-electron chi connectivity index (χ3n) is 6.34. The Balaban J connectivity index is 1.45. The number of Topliss-reactive ketones (excluding diaryl/α,β-unsaturated/α-hetero) is 1. The van der Waals surface area contributed by atoms with Gasteiger partial charge < -0.3 is 9.05 Å². The average Bonchev–Trinajstić information content (AvgIpc) is 3.30. The topological polar surface area (TPSA) is 128 Å². The maximum atomic E-state index is 12.7. The van der Waals surface area contributed by atoms with Gasteiger partial charge in [0.05, 0.1) is 12.3 Å². The molecule has 0 saturated heterocycles. The van der Waals surface area contributed by atoms with E-state index in [4.69, 9.17) is 9.05 Å². The van der Waals surface area contributed by atoms with Crippen LogP contribution in [0.5, 0.6) is 0 Å². The Hall–Kier alpha value is -2.07. The summed E-state index contributed by atoms with van der Waals surface area (Å²) in [6, 6.07) is 1.66. The van der Waals surface area contributed by atoms with E-state index in [-0.39, 0.29) is 41.1 Å². The molecule has 2 unspecified atom stereocenters. The summed E-state index contributed by atoms with van der Waals surface area (Å²) in [5.74, 6) is 1.08. The van der Waals surface area contributed by atoms with Gasteiger partial charge >= 0.3 is 0 Å². The molecule has 2 aliphatic rings. The molecular formula is C17H22N4O5S. The Labute approximate surface area is 156 Å². The van der Waals surface area contributed by atoms with Crippen molar-refractivity contribution < 1.29 is 22.3 Å². The molecule has 2 bridgehead atoms. The lowest BCUT2D eigenvalue weighted by molar-refractivity contribution is -0.128. The first-order valence-corrected chi connectivity index (χ1v) is 10.6. The number of rotatable bonds is 6. The van der Waals surface area contributed by atoms with E-state index in [1.807, 2.05) is 13.8 Å². The third-order valence-corrected chi connectivity index (χ3v) is 7.80. The zero-order valence-electron chi connectivity index (χ0n) is 15.5. The summed E-state index contributed by atoms with van der Waals surface area (Å²) in [5.41, 5.74) is -0.692. The molecule has 2 saturated carbocycles. The van der Waals surface area contributed by atoms with Crippen LogP contribution in [-0.4, -0.2) is 35.3 Å². The van der Waals surface area contributed by atoms with Crippen LogP contribution in [0.4, 0.5) is 0 Å². The maximum absolute atomic E-state index is 12.7. The van der Waals surface area contributed by atoms with Crippen molar-refractivity contribution in [3.8, 4) is 11.5 Å². The van der Waals surface area contributed by atoms with Crippen molar-refractivity contribution >= 4 is 15.8 Å². The number of hydrogen-bond donors (Lipinski definition) is 1. The Kier molecular flexibility index (Phi) is 4.04. The molecule has 1 N–H and O–H groups in total. The monoisotopic (exact) mass is 394 g/mol. The van der Waals surface area contributed by atoms with Gasteiger partial charge in [-0.15, -0.1) is 0 Å². The summed E-state index contributed by atoms with van der Waals surface area (Å²) in [5, 5.41) is 7.57. The molecule has 0 amide bonds. The first-order chi connectivity index (χ1) is 12.6. The highest BCUT2D eigenvalue weighted by Crippen LogP contribution is 2.64. The van der Waals surface area contributed by atoms with E-state index in [0.717, 1.165) is 6.42 Å². The number of fused-ring (bicyclic) bond motifs is 2. The number of aryl methyl sites for hydroxylation is 1. The molecule has 2 atom stereocenters. The van der Waals surface area contributed by atoms with Crippen LogP contribution >= 0.6 is 0 Å². The molecule has 27 heavy (non-hydrogen) atoms. The molecule has 4 rings (SSSR count). The highest BCUT2D eigenvalue weighted by molar-refractivity contribution is 7.89. The molecule has 2 aliphatic carbocycles. The second-order valence-electron chi connectivity index (χ2n) is 8.08. The van der Waals surface area contributed by atoms with Crippen LogP contribution in [0, 0.1) is 23.7 Å². The molecule has 0 aliphatic heterocycles. The lowest BCUT2D eigenvalue weighted by Gasteiger charge is -2.36. The van der Waals surface area contributed by atoms with Crippen molar-refractivity contribution in [3.05, 3.63) is 17.7 Å². The molecule has 146 valence electrons. The van der Waals surface area contributed by atoms with Crippen molar-refractivity contribution in [2.24, 2.45) is 16.7 Å². The van der Waals surface area contributed by atoms with E-state index >= 15 is 0 Å². The minimum atomic E-state index is -3.70. The number of aromatic nitrogens is 3. The van der Waals surface area contributed by atoms with Crippen molar-refractivity contribution in [3.63, 3.8) is 0 Å². The summed E-state index contributed by atoms with van der Waals surface area (Å²) < 4.78 is 37.9. The van der Waals surface area contributed by atoms with Gasteiger partial charge in [0.2, 0.25) is 21.7 Å². The highest BCUT2D eigenvalue weighted by Gasteiger charge is 2.65. The quantitative estimate of drug-likeness (QED) is 0.786. The average molecular weight is 394 g/mol. The van der Waals surface area contributed by atoms with E-state index in [9.17, 15) is 13.2 Å². The fraction of sp³-hybridized carbons (Fsp3) is 0.647. The molecule has 10 heteroatoms. The van der Waals surface area contributed by atoms with Crippen molar-refractivity contribution in [2.75, 3.05) is 5.75 Å². The van der Waals surface area contributed by atoms with Gasteiger partial charge in [-0.25, -0.2) is 13.1 Å². The van der Waals surface area contributed by atoms with Gasteiger partial charge in [-0.2, -0.15) is 4.98 Å². The van der Waals surface area contributed by atoms with Crippen LogP contribution < -0.4 is 4.72 Å². The zero-order chi connectivity index (χ0) is 19.4. The minimum Gasteiger partial charge on any atom is -0.361 e. The van der Waals surface area contributed by atoms with Gasteiger partial charge in [-0.1, -0.05) is 24.2 Å². The number of carbonyl (C=O) groups is 1. The van der Waals surface area contributed by atoms with Gasteiger partial charge in [0.25, 0.3) is 0 Å². The van der Waals surface area contributed by atoms with E-state index in [2.05, 4.69) is 20.0 Å². The number of nitrogens with one attached hydrogen (secondary N) is 1. The smallest absolute Gasteiger partial charge is 0.242 e. The van der Waals surface area contributed by atoms with Gasteiger partial charge in [-0.05, 0) is 31.1 Å². The number of hydrogen-bond acceptors (Lipinski definition) is 8. The number of carbonyl (C=O) groups excluding carboxylic acids is 1. The molecule has 2 aromatic heterocycles. The molecule has 0 radical (unpaired) electrons. The van der Waals surface area contributed by atoms with Crippen LogP contribution in [0.25, 0.3) is 11.5 Å². The first-order valence-electron chi connectivity index (χ1n) is 8.90. The second-order valence-corrected chi connectivity index (χ2v) is 9.89. The molecule has 2 aromatic rings. The Bertz CT molecular complexity index is 993. The second kappa shape index (κ2) is 5.96. The van der Waals surface area contributed by atoms with Crippen LogP contribution in [0.3, 0.4) is 0 Å². The Morgan fingerprint density at radius 3 is 2.67 bits per heavy atom.